The normalized spacial score (nSPS) is 16.9. The van der Waals surface area contributed by atoms with Crippen LogP contribution in [0, 0.1) is 12.8 Å². The predicted molar refractivity (Wildman–Crippen MR) is 110 cm³/mol. The monoisotopic (exact) mass is 373 g/mol. The van der Waals surface area contributed by atoms with E-state index in [1.54, 1.807) is 4.90 Å². The molecule has 0 aliphatic carbocycles. The lowest BCUT2D eigenvalue weighted by Crippen LogP contribution is -2.44. The molecule has 142 valence electrons. The van der Waals surface area contributed by atoms with E-state index in [0.717, 1.165) is 40.6 Å². The summed E-state index contributed by atoms with van der Waals surface area (Å²) in [5.41, 5.74) is 10.2. The van der Waals surface area contributed by atoms with Crippen molar-refractivity contribution in [2.45, 2.75) is 19.8 Å². The second-order valence-corrected chi connectivity index (χ2v) is 7.43. The lowest BCUT2D eigenvalue weighted by atomic mass is 9.96. The zero-order valence-corrected chi connectivity index (χ0v) is 15.9. The SMILES string of the molecule is Cc1ccc2cc(-c3ccc(C(=O)N4CCCC(C(N)=O)C4)cc3)ccc2n1. The number of aromatic nitrogens is 1. The predicted octanol–water partition coefficient (Wildman–Crippen LogP) is 3.55. The molecule has 5 nitrogen and oxygen atoms in total. The van der Waals surface area contributed by atoms with Gasteiger partial charge in [-0.1, -0.05) is 24.3 Å². The number of piperidine rings is 1. The molecule has 1 saturated heterocycles. The molecule has 0 radical (unpaired) electrons. The van der Waals surface area contributed by atoms with Crippen molar-refractivity contribution in [2.24, 2.45) is 11.7 Å². The van der Waals surface area contributed by atoms with Gasteiger partial charge >= 0.3 is 0 Å². The Bertz CT molecular complexity index is 1040. The van der Waals surface area contributed by atoms with Gasteiger partial charge in [-0.15, -0.1) is 0 Å². The molecule has 2 N–H and O–H groups in total. The first-order valence-corrected chi connectivity index (χ1v) is 9.58. The minimum Gasteiger partial charge on any atom is -0.369 e. The van der Waals surface area contributed by atoms with Gasteiger partial charge in [0.1, 0.15) is 0 Å². The number of nitrogens with zero attached hydrogens (tertiary/aromatic N) is 2. The zero-order chi connectivity index (χ0) is 19.7. The number of rotatable bonds is 3. The van der Waals surface area contributed by atoms with Gasteiger partial charge in [-0.05, 0) is 61.2 Å². The number of carbonyl (C=O) groups is 2. The van der Waals surface area contributed by atoms with Crippen molar-refractivity contribution in [3.63, 3.8) is 0 Å². The number of pyridine rings is 1. The molecule has 1 atom stereocenters. The van der Waals surface area contributed by atoms with E-state index >= 15 is 0 Å². The molecule has 1 fully saturated rings. The largest absolute Gasteiger partial charge is 0.369 e. The van der Waals surface area contributed by atoms with E-state index < -0.39 is 0 Å². The molecule has 2 aromatic carbocycles. The van der Waals surface area contributed by atoms with Gasteiger partial charge < -0.3 is 10.6 Å². The molecule has 3 aromatic rings. The van der Waals surface area contributed by atoms with Crippen molar-refractivity contribution in [3.8, 4) is 11.1 Å². The van der Waals surface area contributed by atoms with Crippen LogP contribution in [0.15, 0.2) is 54.6 Å². The minimum atomic E-state index is -0.325. The number of likely N-dealkylation sites (tertiary alicyclic amines) is 1. The van der Waals surface area contributed by atoms with Crippen LogP contribution in [0.3, 0.4) is 0 Å². The fourth-order valence-corrected chi connectivity index (χ4v) is 3.79. The molecule has 1 aromatic heterocycles. The molecule has 2 heterocycles. The standard InChI is InChI=1S/C23H23N3O2/c1-15-4-5-19-13-18(10-11-21(19)25-15)16-6-8-17(9-7-16)23(28)26-12-2-3-20(14-26)22(24)27/h4-11,13,20H,2-3,12,14H2,1H3,(H2,24,27). The highest BCUT2D eigenvalue weighted by Gasteiger charge is 2.27. The molecular weight excluding hydrogens is 350 g/mol. The number of hydrogen-bond donors (Lipinski definition) is 1. The van der Waals surface area contributed by atoms with E-state index in [1.807, 2.05) is 49.4 Å². The second kappa shape index (κ2) is 7.43. The van der Waals surface area contributed by atoms with Crippen LogP contribution in [-0.4, -0.2) is 34.8 Å². The first kappa shape index (κ1) is 18.2. The Morgan fingerprint density at radius 3 is 2.54 bits per heavy atom. The number of amides is 2. The number of benzene rings is 2. The van der Waals surface area contributed by atoms with Crippen LogP contribution in [0.1, 0.15) is 28.9 Å². The summed E-state index contributed by atoms with van der Waals surface area (Å²) in [4.78, 5) is 30.5. The molecule has 0 bridgehead atoms. The van der Waals surface area contributed by atoms with E-state index in [1.165, 1.54) is 0 Å². The van der Waals surface area contributed by atoms with E-state index in [-0.39, 0.29) is 17.7 Å². The number of fused-ring (bicyclic) bond motifs is 1. The number of carbonyl (C=O) groups excluding carboxylic acids is 2. The van der Waals surface area contributed by atoms with Crippen molar-refractivity contribution >= 4 is 22.7 Å². The molecule has 1 aliphatic rings. The summed E-state index contributed by atoms with van der Waals surface area (Å²) in [5, 5.41) is 1.09. The van der Waals surface area contributed by atoms with Gasteiger partial charge in [0.25, 0.3) is 5.91 Å². The minimum absolute atomic E-state index is 0.0457. The van der Waals surface area contributed by atoms with Crippen LogP contribution in [0.4, 0.5) is 0 Å². The first-order chi connectivity index (χ1) is 13.5. The van der Waals surface area contributed by atoms with Crippen LogP contribution >= 0.6 is 0 Å². The number of aryl methyl sites for hydroxylation is 1. The molecule has 5 heteroatoms. The third-order valence-electron chi connectivity index (χ3n) is 5.40. The van der Waals surface area contributed by atoms with Crippen LogP contribution in [-0.2, 0) is 4.79 Å². The maximum Gasteiger partial charge on any atom is 0.253 e. The van der Waals surface area contributed by atoms with Crippen molar-refractivity contribution in [3.05, 3.63) is 65.9 Å². The first-order valence-electron chi connectivity index (χ1n) is 9.58. The Morgan fingerprint density at radius 2 is 1.79 bits per heavy atom. The Balaban J connectivity index is 1.54. The Labute approximate surface area is 164 Å². The van der Waals surface area contributed by atoms with Crippen molar-refractivity contribution in [1.29, 1.82) is 0 Å². The smallest absolute Gasteiger partial charge is 0.253 e. The van der Waals surface area contributed by atoms with Crippen molar-refractivity contribution in [1.82, 2.24) is 9.88 Å². The fraction of sp³-hybridized carbons (Fsp3) is 0.261. The second-order valence-electron chi connectivity index (χ2n) is 7.43. The summed E-state index contributed by atoms with van der Waals surface area (Å²) < 4.78 is 0. The lowest BCUT2D eigenvalue weighted by Gasteiger charge is -2.31. The van der Waals surface area contributed by atoms with Gasteiger partial charge in [0, 0.05) is 29.7 Å². The van der Waals surface area contributed by atoms with Crippen molar-refractivity contribution < 1.29 is 9.59 Å². The molecule has 4 rings (SSSR count). The third kappa shape index (κ3) is 3.60. The average molecular weight is 373 g/mol. The summed E-state index contributed by atoms with van der Waals surface area (Å²) in [5.74, 6) is -0.614. The molecule has 2 amide bonds. The number of hydrogen-bond acceptors (Lipinski definition) is 3. The third-order valence-corrected chi connectivity index (χ3v) is 5.40. The zero-order valence-electron chi connectivity index (χ0n) is 15.9. The van der Waals surface area contributed by atoms with Crippen LogP contribution in [0.5, 0.6) is 0 Å². The molecule has 0 spiro atoms. The van der Waals surface area contributed by atoms with E-state index in [4.69, 9.17) is 5.73 Å². The van der Waals surface area contributed by atoms with Gasteiger partial charge in [-0.3, -0.25) is 14.6 Å². The summed E-state index contributed by atoms with van der Waals surface area (Å²) in [6, 6.07) is 17.9. The highest BCUT2D eigenvalue weighted by molar-refractivity contribution is 5.95. The average Bonchev–Trinajstić information content (AvgIpc) is 2.73. The van der Waals surface area contributed by atoms with Crippen LogP contribution < -0.4 is 5.73 Å². The van der Waals surface area contributed by atoms with Gasteiger partial charge in [0.05, 0.1) is 11.4 Å². The van der Waals surface area contributed by atoms with Crippen LogP contribution in [0.25, 0.3) is 22.0 Å². The fourth-order valence-electron chi connectivity index (χ4n) is 3.79. The topological polar surface area (TPSA) is 76.3 Å². The lowest BCUT2D eigenvalue weighted by molar-refractivity contribution is -0.123. The summed E-state index contributed by atoms with van der Waals surface area (Å²) in [6.45, 7) is 3.06. The summed E-state index contributed by atoms with van der Waals surface area (Å²) in [7, 11) is 0. The number of primary amides is 1. The molecule has 1 aliphatic heterocycles. The molecular formula is C23H23N3O2. The van der Waals surface area contributed by atoms with Gasteiger partial charge in [0.15, 0.2) is 0 Å². The van der Waals surface area contributed by atoms with Gasteiger partial charge in [-0.25, -0.2) is 0 Å². The van der Waals surface area contributed by atoms with E-state index in [0.29, 0.717) is 18.7 Å². The van der Waals surface area contributed by atoms with Gasteiger partial charge in [0.2, 0.25) is 5.91 Å². The van der Waals surface area contributed by atoms with Crippen LogP contribution in [0.2, 0.25) is 0 Å². The maximum atomic E-state index is 12.8. The quantitative estimate of drug-likeness (QED) is 0.763. The number of nitrogens with two attached hydrogens (primary N) is 1. The summed E-state index contributed by atoms with van der Waals surface area (Å²) >= 11 is 0. The Hall–Kier alpha value is -3.21. The van der Waals surface area contributed by atoms with E-state index in [9.17, 15) is 9.59 Å². The molecule has 1 unspecified atom stereocenters. The van der Waals surface area contributed by atoms with Gasteiger partial charge in [-0.2, -0.15) is 0 Å². The summed E-state index contributed by atoms with van der Waals surface area (Å²) in [6.07, 6.45) is 1.57. The molecule has 28 heavy (non-hydrogen) atoms. The Kier molecular flexibility index (Phi) is 4.82. The van der Waals surface area contributed by atoms with E-state index in [2.05, 4.69) is 17.1 Å². The highest BCUT2D eigenvalue weighted by atomic mass is 16.2. The highest BCUT2D eigenvalue weighted by Crippen LogP contribution is 2.25. The maximum absolute atomic E-state index is 12.8. The Morgan fingerprint density at radius 1 is 1.04 bits per heavy atom. The molecule has 0 saturated carbocycles. The van der Waals surface area contributed by atoms with Crippen molar-refractivity contribution in [2.75, 3.05) is 13.1 Å².